The molecule has 0 radical (unpaired) electrons. The van der Waals surface area contributed by atoms with Crippen molar-refractivity contribution in [2.24, 2.45) is 0 Å². The molecule has 2 heterocycles. The third-order valence-corrected chi connectivity index (χ3v) is 5.20. The number of carbonyl (C=O) groups is 3. The maximum absolute atomic E-state index is 12.4. The van der Waals surface area contributed by atoms with E-state index in [-0.39, 0.29) is 18.4 Å². The van der Waals surface area contributed by atoms with Crippen molar-refractivity contribution in [2.75, 3.05) is 22.9 Å². The second-order valence-corrected chi connectivity index (χ2v) is 7.00. The van der Waals surface area contributed by atoms with Crippen LogP contribution in [0.4, 0.5) is 10.8 Å². The van der Waals surface area contributed by atoms with Gasteiger partial charge in [0.15, 0.2) is 5.13 Å². The molecule has 1 aromatic carbocycles. The van der Waals surface area contributed by atoms with E-state index < -0.39 is 5.97 Å². The van der Waals surface area contributed by atoms with E-state index in [1.807, 2.05) is 13.0 Å². The fourth-order valence-corrected chi connectivity index (χ4v) is 3.84. The van der Waals surface area contributed by atoms with Crippen molar-refractivity contribution in [1.29, 1.82) is 0 Å². The fourth-order valence-electron chi connectivity index (χ4n) is 2.92. The zero-order valence-electron chi connectivity index (χ0n) is 15.3. The zero-order valence-corrected chi connectivity index (χ0v) is 16.1. The maximum atomic E-state index is 12.4. The first-order valence-electron chi connectivity index (χ1n) is 8.79. The number of hydrogen-bond donors (Lipinski definition) is 0. The molecule has 1 fully saturated rings. The summed E-state index contributed by atoms with van der Waals surface area (Å²) in [4.78, 5) is 43.4. The zero-order chi connectivity index (χ0) is 19.4. The van der Waals surface area contributed by atoms with Crippen molar-refractivity contribution < 1.29 is 19.1 Å². The molecule has 0 aliphatic carbocycles. The Bertz CT molecular complexity index is 864. The molecule has 27 heavy (non-hydrogen) atoms. The minimum absolute atomic E-state index is 0.0255. The Balaban J connectivity index is 1.64. The number of aromatic nitrogens is 1. The SMILES string of the molecule is CCN(C(C)=O)c1nc(COC(=O)c2cccc(N3CCCC3=O)c2)cs1. The summed E-state index contributed by atoms with van der Waals surface area (Å²) in [5, 5.41) is 2.36. The minimum Gasteiger partial charge on any atom is -0.456 e. The van der Waals surface area contributed by atoms with Crippen LogP contribution in [0, 0.1) is 0 Å². The van der Waals surface area contributed by atoms with Gasteiger partial charge in [-0.15, -0.1) is 11.3 Å². The lowest BCUT2D eigenvalue weighted by molar-refractivity contribution is -0.117. The first-order chi connectivity index (χ1) is 13.0. The number of ether oxygens (including phenoxy) is 1. The number of amides is 2. The molecular weight excluding hydrogens is 366 g/mol. The molecule has 1 aliphatic rings. The van der Waals surface area contributed by atoms with Gasteiger partial charge in [-0.25, -0.2) is 9.78 Å². The van der Waals surface area contributed by atoms with E-state index in [1.54, 1.807) is 33.4 Å². The van der Waals surface area contributed by atoms with Gasteiger partial charge in [0.2, 0.25) is 11.8 Å². The van der Waals surface area contributed by atoms with Crippen LogP contribution >= 0.6 is 11.3 Å². The van der Waals surface area contributed by atoms with E-state index in [4.69, 9.17) is 4.74 Å². The number of carbonyl (C=O) groups excluding carboxylic acids is 3. The molecule has 1 aromatic heterocycles. The van der Waals surface area contributed by atoms with Crippen molar-refractivity contribution in [3.8, 4) is 0 Å². The number of benzene rings is 1. The molecule has 3 rings (SSSR count). The highest BCUT2D eigenvalue weighted by Crippen LogP contribution is 2.24. The highest BCUT2D eigenvalue weighted by molar-refractivity contribution is 7.14. The summed E-state index contributed by atoms with van der Waals surface area (Å²) in [6.07, 6.45) is 1.37. The van der Waals surface area contributed by atoms with E-state index in [0.717, 1.165) is 6.42 Å². The van der Waals surface area contributed by atoms with E-state index in [1.165, 1.54) is 18.3 Å². The highest BCUT2D eigenvalue weighted by Gasteiger charge is 2.22. The van der Waals surface area contributed by atoms with E-state index in [2.05, 4.69) is 4.98 Å². The summed E-state index contributed by atoms with van der Waals surface area (Å²) in [6.45, 7) is 4.59. The predicted octanol–water partition coefficient (Wildman–Crippen LogP) is 3.00. The van der Waals surface area contributed by atoms with E-state index in [0.29, 0.717) is 41.6 Å². The van der Waals surface area contributed by atoms with Gasteiger partial charge in [-0.1, -0.05) is 6.07 Å². The minimum atomic E-state index is -0.475. The second-order valence-electron chi connectivity index (χ2n) is 6.16. The van der Waals surface area contributed by atoms with Gasteiger partial charge in [0.05, 0.1) is 11.3 Å². The number of hydrogen-bond acceptors (Lipinski definition) is 6. The number of esters is 1. The Labute approximate surface area is 161 Å². The topological polar surface area (TPSA) is 79.8 Å². The summed E-state index contributed by atoms with van der Waals surface area (Å²) in [6, 6.07) is 6.89. The van der Waals surface area contributed by atoms with Crippen molar-refractivity contribution in [3.05, 3.63) is 40.9 Å². The Morgan fingerprint density at radius 1 is 1.37 bits per heavy atom. The third-order valence-electron chi connectivity index (χ3n) is 4.28. The van der Waals surface area contributed by atoms with Gasteiger partial charge in [0.25, 0.3) is 0 Å². The van der Waals surface area contributed by atoms with Gasteiger partial charge in [0, 0.05) is 37.5 Å². The van der Waals surface area contributed by atoms with Gasteiger partial charge in [-0.3, -0.25) is 14.5 Å². The number of anilines is 2. The summed E-state index contributed by atoms with van der Waals surface area (Å²) in [7, 11) is 0. The van der Waals surface area contributed by atoms with Gasteiger partial charge in [-0.2, -0.15) is 0 Å². The van der Waals surface area contributed by atoms with Crippen LogP contribution in [-0.4, -0.2) is 35.9 Å². The third kappa shape index (κ3) is 4.33. The Hall–Kier alpha value is -2.74. The summed E-state index contributed by atoms with van der Waals surface area (Å²) < 4.78 is 5.34. The number of rotatable bonds is 6. The van der Waals surface area contributed by atoms with E-state index in [9.17, 15) is 14.4 Å². The van der Waals surface area contributed by atoms with Crippen LogP contribution in [0.2, 0.25) is 0 Å². The van der Waals surface area contributed by atoms with Gasteiger partial charge < -0.3 is 9.64 Å². The summed E-state index contributed by atoms with van der Waals surface area (Å²) in [5.41, 5.74) is 1.69. The Morgan fingerprint density at radius 2 is 2.19 bits per heavy atom. The van der Waals surface area contributed by atoms with Gasteiger partial charge in [-0.05, 0) is 31.5 Å². The lowest BCUT2D eigenvalue weighted by atomic mass is 10.2. The predicted molar refractivity (Wildman–Crippen MR) is 103 cm³/mol. The first kappa shape index (κ1) is 19.0. The quantitative estimate of drug-likeness (QED) is 0.712. The van der Waals surface area contributed by atoms with Crippen LogP contribution in [0.25, 0.3) is 0 Å². The molecule has 142 valence electrons. The maximum Gasteiger partial charge on any atom is 0.338 e. The van der Waals surface area contributed by atoms with Gasteiger partial charge >= 0.3 is 5.97 Å². The smallest absolute Gasteiger partial charge is 0.338 e. The van der Waals surface area contributed by atoms with Crippen molar-refractivity contribution >= 4 is 39.9 Å². The van der Waals surface area contributed by atoms with Crippen LogP contribution in [0.5, 0.6) is 0 Å². The second kappa shape index (κ2) is 8.30. The normalized spacial score (nSPS) is 13.7. The molecule has 2 amide bonds. The summed E-state index contributed by atoms with van der Waals surface area (Å²) >= 11 is 1.34. The van der Waals surface area contributed by atoms with Crippen LogP contribution < -0.4 is 9.80 Å². The van der Waals surface area contributed by atoms with Crippen molar-refractivity contribution in [3.63, 3.8) is 0 Å². The van der Waals surface area contributed by atoms with Gasteiger partial charge in [0.1, 0.15) is 6.61 Å². The Morgan fingerprint density at radius 3 is 2.85 bits per heavy atom. The first-order valence-corrected chi connectivity index (χ1v) is 9.67. The molecule has 0 atom stereocenters. The number of thiazole rings is 1. The average molecular weight is 387 g/mol. The average Bonchev–Trinajstić information content (AvgIpc) is 3.29. The molecule has 0 unspecified atom stereocenters. The lowest BCUT2D eigenvalue weighted by Gasteiger charge is -2.16. The monoisotopic (exact) mass is 387 g/mol. The van der Waals surface area contributed by atoms with E-state index >= 15 is 0 Å². The van der Waals surface area contributed by atoms with Crippen LogP contribution in [0.3, 0.4) is 0 Å². The fraction of sp³-hybridized carbons (Fsp3) is 0.368. The lowest BCUT2D eigenvalue weighted by Crippen LogP contribution is -2.27. The molecule has 0 spiro atoms. The van der Waals surface area contributed by atoms with Crippen molar-refractivity contribution in [1.82, 2.24) is 4.98 Å². The summed E-state index contributed by atoms with van der Waals surface area (Å²) in [5.74, 6) is -0.484. The van der Waals surface area contributed by atoms with Crippen LogP contribution in [-0.2, 0) is 20.9 Å². The molecule has 8 heteroatoms. The molecule has 0 N–H and O–H groups in total. The van der Waals surface area contributed by atoms with Crippen LogP contribution in [0.15, 0.2) is 29.6 Å². The molecule has 7 nitrogen and oxygen atoms in total. The standard InChI is InChI=1S/C19H21N3O4S/c1-3-21(13(2)23)19-20-15(12-27-19)11-26-18(25)14-6-4-7-16(10-14)22-9-5-8-17(22)24/h4,6-7,10,12H,3,5,8-9,11H2,1-2H3. The molecule has 2 aromatic rings. The number of nitrogens with zero attached hydrogens (tertiary/aromatic N) is 3. The molecule has 0 saturated carbocycles. The molecular formula is C19H21N3O4S. The molecule has 1 aliphatic heterocycles. The molecule has 0 bridgehead atoms. The largest absolute Gasteiger partial charge is 0.456 e. The molecule has 1 saturated heterocycles. The van der Waals surface area contributed by atoms with Crippen LogP contribution in [0.1, 0.15) is 42.7 Å². The Kier molecular flexibility index (Phi) is 5.85. The van der Waals surface area contributed by atoms with Crippen molar-refractivity contribution in [2.45, 2.75) is 33.3 Å². The highest BCUT2D eigenvalue weighted by atomic mass is 32.1.